The van der Waals surface area contributed by atoms with Crippen molar-refractivity contribution < 1.29 is 0 Å². The van der Waals surface area contributed by atoms with Gasteiger partial charge in [-0.3, -0.25) is 0 Å². The van der Waals surface area contributed by atoms with Crippen molar-refractivity contribution in [1.82, 2.24) is 15.0 Å². The maximum absolute atomic E-state index is 6.36. The van der Waals surface area contributed by atoms with Gasteiger partial charge in [0.2, 0.25) is 0 Å². The van der Waals surface area contributed by atoms with Crippen molar-refractivity contribution in [2.75, 3.05) is 0 Å². The molecule has 0 saturated heterocycles. The third-order valence-electron chi connectivity index (χ3n) is 10.7. The number of fused-ring (bicyclic) bond motifs is 5. The molecule has 2 aromatic rings. The van der Waals surface area contributed by atoms with Crippen molar-refractivity contribution in [2.24, 2.45) is 5.92 Å². The molecule has 5 atom stereocenters. The van der Waals surface area contributed by atoms with E-state index >= 15 is 0 Å². The molecular weight excluding hydrogens is 534 g/mol. The van der Waals surface area contributed by atoms with E-state index in [1.165, 1.54) is 39.8 Å². The summed E-state index contributed by atoms with van der Waals surface area (Å²) < 4.78 is 0. The fourth-order valence-corrected chi connectivity index (χ4v) is 8.80. The second-order valence-corrected chi connectivity index (χ2v) is 13.0. The number of rotatable bonds is 4. The molecule has 1 spiro atoms. The maximum Gasteiger partial charge on any atom is 0.159 e. The summed E-state index contributed by atoms with van der Waals surface area (Å²) in [5, 5.41) is 0. The van der Waals surface area contributed by atoms with E-state index in [1.54, 1.807) is 5.57 Å². The molecule has 3 nitrogen and oxygen atoms in total. The van der Waals surface area contributed by atoms with Crippen LogP contribution in [-0.2, 0) is 5.41 Å². The topological polar surface area (TPSA) is 38.7 Å². The molecule has 0 fully saturated rings. The smallest absolute Gasteiger partial charge is 0.159 e. The van der Waals surface area contributed by atoms with Crippen LogP contribution in [0.25, 0.3) is 5.57 Å². The van der Waals surface area contributed by atoms with Gasteiger partial charge in [0.05, 0.1) is 11.3 Å². The highest BCUT2D eigenvalue weighted by atomic mass is 15.0. The van der Waals surface area contributed by atoms with Gasteiger partial charge < -0.3 is 0 Å². The Morgan fingerprint density at radius 2 is 1.75 bits per heavy atom. The monoisotopic (exact) mass is 573 g/mol. The third-order valence-corrected chi connectivity index (χ3v) is 10.7. The van der Waals surface area contributed by atoms with Gasteiger partial charge in [0, 0.05) is 17.8 Å². The van der Waals surface area contributed by atoms with Crippen molar-refractivity contribution in [2.45, 2.75) is 81.5 Å². The summed E-state index contributed by atoms with van der Waals surface area (Å²) >= 11 is 0. The highest BCUT2D eigenvalue weighted by molar-refractivity contribution is 5.79. The molecule has 1 aromatic heterocycles. The quantitative estimate of drug-likeness (QED) is 0.270. The Morgan fingerprint density at radius 3 is 2.55 bits per heavy atom. The van der Waals surface area contributed by atoms with Gasteiger partial charge in [-0.15, -0.1) is 6.42 Å². The van der Waals surface area contributed by atoms with Crippen LogP contribution in [0.1, 0.15) is 105 Å². The first-order valence-electron chi connectivity index (χ1n) is 16.5. The van der Waals surface area contributed by atoms with Crippen LogP contribution in [0.4, 0.5) is 0 Å². The van der Waals surface area contributed by atoms with Gasteiger partial charge in [0.25, 0.3) is 0 Å². The number of hydrogen-bond donors (Lipinski definition) is 0. The van der Waals surface area contributed by atoms with Crippen molar-refractivity contribution in [3.63, 3.8) is 0 Å². The number of hydrogen-bond acceptors (Lipinski definition) is 3. The summed E-state index contributed by atoms with van der Waals surface area (Å²) in [7, 11) is 0. The van der Waals surface area contributed by atoms with Gasteiger partial charge in [0.1, 0.15) is 11.6 Å². The molecule has 0 aliphatic heterocycles. The highest BCUT2D eigenvalue weighted by Gasteiger charge is 2.58. The molecule has 1 heterocycles. The van der Waals surface area contributed by atoms with Gasteiger partial charge >= 0.3 is 0 Å². The van der Waals surface area contributed by atoms with Crippen LogP contribution in [0, 0.1) is 18.3 Å². The van der Waals surface area contributed by atoms with E-state index in [1.807, 2.05) is 0 Å². The van der Waals surface area contributed by atoms with Crippen LogP contribution in [0.3, 0.4) is 0 Å². The van der Waals surface area contributed by atoms with Crippen LogP contribution < -0.4 is 0 Å². The lowest BCUT2D eigenvalue weighted by Gasteiger charge is -2.38. The first-order chi connectivity index (χ1) is 21.7. The molecule has 0 N–H and O–H groups in total. The van der Waals surface area contributed by atoms with Crippen LogP contribution in [-0.4, -0.2) is 15.0 Å². The first kappa shape index (κ1) is 27.3. The Bertz CT molecular complexity index is 1800. The van der Waals surface area contributed by atoms with Crippen molar-refractivity contribution >= 4 is 5.57 Å². The fourth-order valence-electron chi connectivity index (χ4n) is 8.80. The van der Waals surface area contributed by atoms with Gasteiger partial charge in [-0.05, 0) is 97.3 Å². The van der Waals surface area contributed by atoms with E-state index in [-0.39, 0.29) is 29.1 Å². The Labute approximate surface area is 261 Å². The molecule has 0 radical (unpaired) electrons. The van der Waals surface area contributed by atoms with E-state index in [2.05, 4.69) is 104 Å². The second kappa shape index (κ2) is 11.0. The predicted octanol–water partition coefficient (Wildman–Crippen LogP) is 9.29. The lowest BCUT2D eigenvalue weighted by molar-refractivity contribution is 0.466. The lowest BCUT2D eigenvalue weighted by Crippen LogP contribution is -2.34. The van der Waals surface area contributed by atoms with Crippen LogP contribution in [0.2, 0.25) is 0 Å². The molecular formula is C41H39N3. The Balaban J connectivity index is 1.32. The minimum absolute atomic E-state index is 0.0247. The summed E-state index contributed by atoms with van der Waals surface area (Å²) in [5.41, 5.74) is 9.56. The third kappa shape index (κ3) is 4.07. The largest absolute Gasteiger partial charge is 0.217 e. The lowest BCUT2D eigenvalue weighted by atomic mass is 9.63. The zero-order valence-electron chi connectivity index (χ0n) is 25.5. The predicted molar refractivity (Wildman–Crippen MR) is 179 cm³/mol. The average molecular weight is 574 g/mol. The summed E-state index contributed by atoms with van der Waals surface area (Å²) in [6.07, 6.45) is 40.0. The number of allylic oxidation sites excluding steroid dienone is 16. The van der Waals surface area contributed by atoms with Crippen molar-refractivity contribution in [3.8, 4) is 12.3 Å². The molecule has 6 aliphatic rings. The molecule has 3 heteroatoms. The zero-order valence-corrected chi connectivity index (χ0v) is 25.5. The van der Waals surface area contributed by atoms with E-state index < -0.39 is 0 Å². The average Bonchev–Trinajstić information content (AvgIpc) is 3.55. The molecule has 44 heavy (non-hydrogen) atoms. The van der Waals surface area contributed by atoms with Gasteiger partial charge in [-0.1, -0.05) is 97.0 Å². The molecule has 0 saturated carbocycles. The van der Waals surface area contributed by atoms with Crippen molar-refractivity contribution in [3.05, 3.63) is 142 Å². The summed E-state index contributed by atoms with van der Waals surface area (Å²) in [5.74, 6) is 6.53. The van der Waals surface area contributed by atoms with E-state index in [9.17, 15) is 0 Å². The fraction of sp³-hybridized carbons (Fsp3) is 0.341. The summed E-state index contributed by atoms with van der Waals surface area (Å²) in [6, 6.07) is 8.94. The maximum atomic E-state index is 6.36. The van der Waals surface area contributed by atoms with Crippen LogP contribution >= 0.6 is 0 Å². The number of benzene rings is 1. The van der Waals surface area contributed by atoms with E-state index in [0.717, 1.165) is 62.4 Å². The summed E-state index contributed by atoms with van der Waals surface area (Å²) in [4.78, 5) is 15.6. The standard InChI is InChI=1S/C41H39N3/c1-3-15-34-30(4-2)31-20-11-13-22-35(31)41(34)36-23-14-12-21-32(36)33-25-24-29(26-37(33)41)40-43-38(27-16-7-5-8-17-27)42-39(44-40)28-18-9-6-10-19-28/h2-3,5,7-9,11,13-16,18,20,22-23,26-28,30,34H,6,10,12,17,19,21,24-25H2,1H3/b15-3-. The molecule has 218 valence electrons. The highest BCUT2D eigenvalue weighted by Crippen LogP contribution is 2.66. The first-order valence-corrected chi connectivity index (χ1v) is 16.5. The molecule has 1 aromatic carbocycles. The van der Waals surface area contributed by atoms with Gasteiger partial charge in [-0.25, -0.2) is 15.0 Å². The molecule has 0 amide bonds. The van der Waals surface area contributed by atoms with Crippen LogP contribution in [0.5, 0.6) is 0 Å². The molecule has 0 bridgehead atoms. The Kier molecular flexibility index (Phi) is 6.82. The molecule has 8 rings (SSSR count). The van der Waals surface area contributed by atoms with Crippen LogP contribution in [0.15, 0.2) is 113 Å². The second-order valence-electron chi connectivity index (χ2n) is 13.0. The minimum Gasteiger partial charge on any atom is -0.217 e. The number of nitrogens with zero attached hydrogens (tertiary/aromatic N) is 3. The summed E-state index contributed by atoms with van der Waals surface area (Å²) in [6.45, 7) is 2.13. The van der Waals surface area contributed by atoms with Gasteiger partial charge in [-0.2, -0.15) is 0 Å². The normalized spacial score (nSPS) is 30.1. The Hall–Kier alpha value is -4.29. The zero-order chi connectivity index (χ0) is 29.7. The minimum atomic E-state index is -0.297. The SMILES string of the molecule is C#CC1c2ccccc2C2(C3=C(CCC=C3)C3=C2C=C(c2nc(C4C=CC=CC4)nc(C4C=CCCC4)n2)CC3)C1/C=C\C. The molecule has 5 unspecified atom stereocenters. The number of aromatic nitrogens is 3. The van der Waals surface area contributed by atoms with E-state index in [0.29, 0.717) is 0 Å². The number of terminal acetylenes is 1. The molecule has 6 aliphatic carbocycles. The van der Waals surface area contributed by atoms with Crippen molar-refractivity contribution in [1.29, 1.82) is 0 Å². The Morgan fingerprint density at radius 1 is 0.886 bits per heavy atom. The van der Waals surface area contributed by atoms with E-state index in [4.69, 9.17) is 21.4 Å². The van der Waals surface area contributed by atoms with Gasteiger partial charge in [0.15, 0.2) is 5.82 Å².